The van der Waals surface area contributed by atoms with E-state index in [1.54, 1.807) is 42.7 Å². The molecule has 11 heteroatoms. The molecular formula is C26H23N3O7S. The fraction of sp³-hybridized carbons (Fsp3) is 0.192. The van der Waals surface area contributed by atoms with E-state index in [9.17, 15) is 18.0 Å². The predicted molar refractivity (Wildman–Crippen MR) is 134 cm³/mol. The Morgan fingerprint density at radius 3 is 2.46 bits per heavy atom. The standard InChI is InChI=1S/C26H23N3O7S/c1-34-26(31)18-4-6-21(7-5-18)37(32,33)29(15-17-3-2-8-27-14-17)16-20-11-19-12-23-24(36-10-9-35-23)13-22(19)28-25(20)30/h2-8,11-14H,9-10,15-16H2,1H3,(H,28,30). The first-order valence-corrected chi connectivity index (χ1v) is 12.8. The molecular weight excluding hydrogens is 498 g/mol. The highest BCUT2D eigenvalue weighted by Gasteiger charge is 2.27. The van der Waals surface area contributed by atoms with E-state index in [4.69, 9.17) is 9.47 Å². The average Bonchev–Trinajstić information content (AvgIpc) is 2.92. The van der Waals surface area contributed by atoms with Gasteiger partial charge in [-0.2, -0.15) is 4.31 Å². The highest BCUT2D eigenvalue weighted by Crippen LogP contribution is 2.34. The van der Waals surface area contributed by atoms with Crippen molar-refractivity contribution in [3.05, 3.63) is 94.0 Å². The van der Waals surface area contributed by atoms with Crippen LogP contribution < -0.4 is 15.0 Å². The average molecular weight is 522 g/mol. The van der Waals surface area contributed by atoms with Gasteiger partial charge in [0.05, 0.1) is 23.1 Å². The van der Waals surface area contributed by atoms with E-state index in [1.165, 1.54) is 35.7 Å². The van der Waals surface area contributed by atoms with Crippen molar-refractivity contribution in [2.24, 2.45) is 0 Å². The predicted octanol–water partition coefficient (Wildman–Crippen LogP) is 2.87. The van der Waals surface area contributed by atoms with Crippen LogP contribution in [0.15, 0.2) is 76.7 Å². The smallest absolute Gasteiger partial charge is 0.337 e. The lowest BCUT2D eigenvalue weighted by molar-refractivity contribution is 0.0600. The molecule has 0 saturated heterocycles. The highest BCUT2D eigenvalue weighted by atomic mass is 32.2. The van der Waals surface area contributed by atoms with E-state index in [-0.39, 0.29) is 29.1 Å². The van der Waals surface area contributed by atoms with Gasteiger partial charge in [-0.05, 0) is 48.0 Å². The van der Waals surface area contributed by atoms with Crippen molar-refractivity contribution in [1.29, 1.82) is 0 Å². The number of pyridine rings is 2. The van der Waals surface area contributed by atoms with Gasteiger partial charge in [-0.3, -0.25) is 9.78 Å². The number of hydrogen-bond donors (Lipinski definition) is 1. The number of methoxy groups -OCH3 is 1. The third-order valence-corrected chi connectivity index (χ3v) is 7.73. The topological polar surface area (TPSA) is 128 Å². The highest BCUT2D eigenvalue weighted by molar-refractivity contribution is 7.89. The maximum Gasteiger partial charge on any atom is 0.337 e. The number of carbonyl (C=O) groups is 1. The van der Waals surface area contributed by atoms with Gasteiger partial charge in [-0.1, -0.05) is 6.07 Å². The van der Waals surface area contributed by atoms with Crippen molar-refractivity contribution in [2.45, 2.75) is 18.0 Å². The summed E-state index contributed by atoms with van der Waals surface area (Å²) >= 11 is 0. The van der Waals surface area contributed by atoms with Crippen LogP contribution in [0.3, 0.4) is 0 Å². The first-order chi connectivity index (χ1) is 17.8. The number of sulfonamides is 1. The summed E-state index contributed by atoms with van der Waals surface area (Å²) in [5.74, 6) is 0.524. The van der Waals surface area contributed by atoms with Gasteiger partial charge in [0.2, 0.25) is 10.0 Å². The van der Waals surface area contributed by atoms with Gasteiger partial charge >= 0.3 is 5.97 Å². The number of hydrogen-bond acceptors (Lipinski definition) is 8. The fourth-order valence-corrected chi connectivity index (χ4v) is 5.45. The molecule has 1 aliphatic rings. The third-order valence-electron chi connectivity index (χ3n) is 5.93. The Bertz CT molecular complexity index is 1620. The molecule has 0 bridgehead atoms. The molecule has 0 atom stereocenters. The molecule has 10 nitrogen and oxygen atoms in total. The minimum atomic E-state index is -4.08. The number of H-pyrrole nitrogens is 1. The first-order valence-electron chi connectivity index (χ1n) is 11.4. The number of aromatic nitrogens is 2. The van der Waals surface area contributed by atoms with Gasteiger partial charge in [0.15, 0.2) is 11.5 Å². The van der Waals surface area contributed by atoms with Gasteiger partial charge in [0.1, 0.15) is 13.2 Å². The van der Waals surface area contributed by atoms with E-state index in [0.717, 1.165) is 0 Å². The van der Waals surface area contributed by atoms with Crippen molar-refractivity contribution in [3.8, 4) is 11.5 Å². The van der Waals surface area contributed by atoms with Gasteiger partial charge in [0.25, 0.3) is 5.56 Å². The first kappa shape index (κ1) is 24.5. The van der Waals surface area contributed by atoms with Crippen LogP contribution in [-0.4, -0.2) is 49.0 Å². The van der Waals surface area contributed by atoms with Crippen molar-refractivity contribution in [1.82, 2.24) is 14.3 Å². The van der Waals surface area contributed by atoms with Crippen molar-refractivity contribution in [3.63, 3.8) is 0 Å². The largest absolute Gasteiger partial charge is 0.486 e. The monoisotopic (exact) mass is 521 g/mol. The number of carbonyl (C=O) groups excluding carboxylic acids is 1. The number of fused-ring (bicyclic) bond motifs is 2. The molecule has 0 spiro atoms. The number of nitrogens with zero attached hydrogens (tertiary/aromatic N) is 2. The molecule has 2 aromatic carbocycles. The minimum absolute atomic E-state index is 0.0203. The molecule has 1 aliphatic heterocycles. The quantitative estimate of drug-likeness (QED) is 0.368. The molecule has 0 fully saturated rings. The van der Waals surface area contributed by atoms with E-state index in [0.29, 0.717) is 41.2 Å². The molecule has 5 rings (SSSR count). The van der Waals surface area contributed by atoms with Crippen LogP contribution in [-0.2, 0) is 27.8 Å². The molecule has 4 aromatic rings. The van der Waals surface area contributed by atoms with Crippen molar-refractivity contribution in [2.75, 3.05) is 20.3 Å². The summed E-state index contributed by atoms with van der Waals surface area (Å²) in [5, 5.41) is 0.681. The van der Waals surface area contributed by atoms with Crippen LogP contribution in [0.2, 0.25) is 0 Å². The zero-order valence-electron chi connectivity index (χ0n) is 19.8. The molecule has 3 heterocycles. The maximum absolute atomic E-state index is 13.7. The summed E-state index contributed by atoms with van der Waals surface area (Å²) in [4.78, 5) is 31.6. The van der Waals surface area contributed by atoms with Gasteiger partial charge in [-0.15, -0.1) is 0 Å². The molecule has 190 valence electrons. The fourth-order valence-electron chi connectivity index (χ4n) is 4.05. The van der Waals surface area contributed by atoms with Crippen LogP contribution in [0.25, 0.3) is 10.9 Å². The summed E-state index contributed by atoms with van der Waals surface area (Å²) < 4.78 is 44.5. The van der Waals surface area contributed by atoms with Crippen LogP contribution >= 0.6 is 0 Å². The van der Waals surface area contributed by atoms with E-state index >= 15 is 0 Å². The Labute approximate surface area is 212 Å². The van der Waals surface area contributed by atoms with Gasteiger partial charge in [-0.25, -0.2) is 13.2 Å². The second-order valence-electron chi connectivity index (χ2n) is 8.36. The summed E-state index contributed by atoms with van der Waals surface area (Å²) in [6.45, 7) is 0.618. The van der Waals surface area contributed by atoms with Gasteiger partial charge < -0.3 is 19.2 Å². The molecule has 0 unspecified atom stereocenters. The molecule has 0 aliphatic carbocycles. The van der Waals surface area contributed by atoms with E-state index < -0.39 is 21.6 Å². The molecule has 0 saturated carbocycles. The molecule has 0 radical (unpaired) electrons. The number of ether oxygens (including phenoxy) is 3. The minimum Gasteiger partial charge on any atom is -0.486 e. The van der Waals surface area contributed by atoms with Gasteiger partial charge in [0, 0.05) is 42.5 Å². The SMILES string of the molecule is COC(=O)c1ccc(S(=O)(=O)N(Cc2cccnc2)Cc2cc3cc4c(cc3[nH]c2=O)OCCO4)cc1. The Hall–Kier alpha value is -4.22. The summed E-state index contributed by atoms with van der Waals surface area (Å²) in [5.41, 5.74) is 1.26. The normalized spacial score (nSPS) is 13.0. The lowest BCUT2D eigenvalue weighted by Gasteiger charge is -2.23. The lowest BCUT2D eigenvalue weighted by Crippen LogP contribution is -2.32. The number of rotatable bonds is 7. The molecule has 1 N–H and O–H groups in total. The maximum atomic E-state index is 13.7. The summed E-state index contributed by atoms with van der Waals surface area (Å²) in [6, 6.07) is 14.0. The van der Waals surface area contributed by atoms with E-state index in [1.807, 2.05) is 0 Å². The Kier molecular flexibility index (Phi) is 6.64. The molecule has 37 heavy (non-hydrogen) atoms. The van der Waals surface area contributed by atoms with Crippen molar-refractivity contribution < 1.29 is 27.4 Å². The Morgan fingerprint density at radius 1 is 1.05 bits per heavy atom. The third kappa shape index (κ3) is 5.04. The molecule has 2 aromatic heterocycles. The van der Waals surface area contributed by atoms with Crippen LogP contribution in [0.4, 0.5) is 0 Å². The summed E-state index contributed by atoms with van der Waals surface area (Å²) in [7, 11) is -2.83. The number of benzene rings is 2. The Morgan fingerprint density at radius 2 is 1.78 bits per heavy atom. The van der Waals surface area contributed by atoms with Crippen LogP contribution in [0, 0.1) is 0 Å². The summed E-state index contributed by atoms with van der Waals surface area (Å²) in [6.07, 6.45) is 3.16. The number of nitrogens with one attached hydrogen (secondary N) is 1. The second kappa shape index (κ2) is 10.0. The number of aromatic amines is 1. The zero-order valence-corrected chi connectivity index (χ0v) is 20.7. The molecule has 0 amide bonds. The second-order valence-corrected chi connectivity index (χ2v) is 10.3. The Balaban J connectivity index is 1.53. The lowest BCUT2D eigenvalue weighted by atomic mass is 10.1. The van der Waals surface area contributed by atoms with Crippen LogP contribution in [0.5, 0.6) is 11.5 Å². The zero-order chi connectivity index (χ0) is 26.0. The van der Waals surface area contributed by atoms with Crippen molar-refractivity contribution >= 4 is 26.9 Å². The number of esters is 1. The van der Waals surface area contributed by atoms with E-state index in [2.05, 4.69) is 14.7 Å². The van der Waals surface area contributed by atoms with Crippen LogP contribution in [0.1, 0.15) is 21.5 Å².